The molecule has 5 nitrogen and oxygen atoms in total. The molecule has 0 fully saturated rings. The van der Waals surface area contributed by atoms with Crippen molar-refractivity contribution in [3.8, 4) is 5.69 Å². The van der Waals surface area contributed by atoms with E-state index in [-0.39, 0.29) is 5.91 Å². The van der Waals surface area contributed by atoms with Gasteiger partial charge in [-0.2, -0.15) is 18.3 Å². The van der Waals surface area contributed by atoms with Crippen molar-refractivity contribution < 1.29 is 18.0 Å². The van der Waals surface area contributed by atoms with Gasteiger partial charge in [-0.25, -0.2) is 9.67 Å². The molecule has 128 valence electrons. The van der Waals surface area contributed by atoms with Gasteiger partial charge in [0, 0.05) is 25.0 Å². The zero-order chi connectivity index (χ0) is 18.0. The van der Waals surface area contributed by atoms with Crippen LogP contribution in [-0.2, 0) is 6.18 Å². The van der Waals surface area contributed by atoms with E-state index >= 15 is 0 Å². The van der Waals surface area contributed by atoms with E-state index in [1.165, 1.54) is 17.2 Å². The molecule has 0 spiro atoms. The number of pyridine rings is 1. The maximum absolute atomic E-state index is 12.7. The molecule has 3 aromatic rings. The molecule has 0 saturated carbocycles. The van der Waals surface area contributed by atoms with Gasteiger partial charge in [0.2, 0.25) is 0 Å². The lowest BCUT2D eigenvalue weighted by molar-refractivity contribution is -0.141. The number of rotatable bonds is 3. The molecule has 2 aromatic heterocycles. The Labute approximate surface area is 141 Å². The van der Waals surface area contributed by atoms with E-state index in [1.54, 1.807) is 49.6 Å². The standard InChI is InChI=1S/C17H13F3N4O/c1-23(15-7-2-3-9-21-15)16(25)12-5-4-6-13(11-12)24-10-8-14(22-24)17(18,19)20/h2-11H,1H3. The Morgan fingerprint density at radius 1 is 1.12 bits per heavy atom. The monoisotopic (exact) mass is 346 g/mol. The summed E-state index contributed by atoms with van der Waals surface area (Å²) in [6, 6.07) is 12.3. The van der Waals surface area contributed by atoms with Crippen LogP contribution in [0.3, 0.4) is 0 Å². The van der Waals surface area contributed by atoms with Crippen molar-refractivity contribution >= 4 is 11.7 Å². The molecule has 0 atom stereocenters. The van der Waals surface area contributed by atoms with Crippen LogP contribution in [0.4, 0.5) is 19.0 Å². The van der Waals surface area contributed by atoms with Gasteiger partial charge in [0.15, 0.2) is 5.69 Å². The second kappa shape index (κ2) is 6.39. The summed E-state index contributed by atoms with van der Waals surface area (Å²) in [5.41, 5.74) is -0.319. The fraction of sp³-hybridized carbons (Fsp3) is 0.118. The fourth-order valence-corrected chi connectivity index (χ4v) is 2.25. The lowest BCUT2D eigenvalue weighted by Crippen LogP contribution is -2.27. The number of carbonyl (C=O) groups excluding carboxylic acids is 1. The number of hydrogen-bond acceptors (Lipinski definition) is 3. The van der Waals surface area contributed by atoms with Crippen molar-refractivity contribution in [2.75, 3.05) is 11.9 Å². The van der Waals surface area contributed by atoms with Crippen molar-refractivity contribution in [1.29, 1.82) is 0 Å². The van der Waals surface area contributed by atoms with Crippen LogP contribution >= 0.6 is 0 Å². The molecular formula is C17H13F3N4O. The van der Waals surface area contributed by atoms with Crippen LogP contribution in [0.2, 0.25) is 0 Å². The summed E-state index contributed by atoms with van der Waals surface area (Å²) in [6.07, 6.45) is -1.75. The van der Waals surface area contributed by atoms with Gasteiger partial charge in [-0.3, -0.25) is 9.69 Å². The molecule has 0 bridgehead atoms. The summed E-state index contributed by atoms with van der Waals surface area (Å²) >= 11 is 0. The Morgan fingerprint density at radius 3 is 2.56 bits per heavy atom. The molecule has 0 radical (unpaired) electrons. The first-order valence-electron chi connectivity index (χ1n) is 7.28. The highest BCUT2D eigenvalue weighted by molar-refractivity contribution is 6.05. The minimum atomic E-state index is -4.52. The molecule has 0 N–H and O–H groups in total. The molecule has 25 heavy (non-hydrogen) atoms. The molecule has 0 aliphatic carbocycles. The number of hydrogen-bond donors (Lipinski definition) is 0. The molecule has 1 aromatic carbocycles. The summed E-state index contributed by atoms with van der Waals surface area (Å²) in [6.45, 7) is 0. The minimum absolute atomic E-state index is 0.315. The second-order valence-electron chi connectivity index (χ2n) is 5.25. The highest BCUT2D eigenvalue weighted by Crippen LogP contribution is 2.28. The fourth-order valence-electron chi connectivity index (χ4n) is 2.25. The van der Waals surface area contributed by atoms with Crippen LogP contribution in [0.1, 0.15) is 16.1 Å². The number of aromatic nitrogens is 3. The van der Waals surface area contributed by atoms with E-state index in [4.69, 9.17) is 0 Å². The van der Waals surface area contributed by atoms with Gasteiger partial charge in [-0.15, -0.1) is 0 Å². The van der Waals surface area contributed by atoms with Crippen molar-refractivity contribution in [3.05, 3.63) is 72.2 Å². The van der Waals surface area contributed by atoms with Crippen LogP contribution < -0.4 is 4.90 Å². The lowest BCUT2D eigenvalue weighted by Gasteiger charge is -2.16. The number of benzene rings is 1. The molecule has 0 unspecified atom stereocenters. The Kier molecular flexibility index (Phi) is 4.26. The first-order chi connectivity index (χ1) is 11.9. The van der Waals surface area contributed by atoms with Crippen LogP contribution in [0.15, 0.2) is 60.9 Å². The van der Waals surface area contributed by atoms with Gasteiger partial charge in [-0.05, 0) is 36.4 Å². The van der Waals surface area contributed by atoms with E-state index in [2.05, 4.69) is 10.1 Å². The highest BCUT2D eigenvalue weighted by atomic mass is 19.4. The third-order valence-electron chi connectivity index (χ3n) is 3.53. The molecule has 8 heteroatoms. The number of anilines is 1. The molecule has 0 aliphatic rings. The third kappa shape index (κ3) is 3.52. The largest absolute Gasteiger partial charge is 0.435 e. The zero-order valence-corrected chi connectivity index (χ0v) is 13.1. The SMILES string of the molecule is CN(C(=O)c1cccc(-n2ccc(C(F)(F)F)n2)c1)c1ccccn1. The zero-order valence-electron chi connectivity index (χ0n) is 13.1. The summed E-state index contributed by atoms with van der Waals surface area (Å²) in [4.78, 5) is 18.0. The topological polar surface area (TPSA) is 51.0 Å². The molecule has 2 heterocycles. The van der Waals surface area contributed by atoms with E-state index in [0.717, 1.165) is 10.7 Å². The number of nitrogens with zero attached hydrogens (tertiary/aromatic N) is 4. The normalized spacial score (nSPS) is 11.4. The number of alkyl halides is 3. The molecule has 1 amide bonds. The maximum Gasteiger partial charge on any atom is 0.435 e. The Balaban J connectivity index is 1.89. The van der Waals surface area contributed by atoms with Crippen LogP contribution in [0, 0.1) is 0 Å². The predicted molar refractivity (Wildman–Crippen MR) is 85.5 cm³/mol. The molecule has 0 aliphatic heterocycles. The quantitative estimate of drug-likeness (QED) is 0.729. The summed E-state index contributed by atoms with van der Waals surface area (Å²) < 4.78 is 39.1. The Morgan fingerprint density at radius 2 is 1.92 bits per heavy atom. The average molecular weight is 346 g/mol. The maximum atomic E-state index is 12.7. The van der Waals surface area contributed by atoms with Crippen molar-refractivity contribution in [2.45, 2.75) is 6.18 Å². The van der Waals surface area contributed by atoms with Gasteiger partial charge in [-0.1, -0.05) is 12.1 Å². The van der Waals surface area contributed by atoms with Crippen molar-refractivity contribution in [1.82, 2.24) is 14.8 Å². The van der Waals surface area contributed by atoms with Gasteiger partial charge in [0.25, 0.3) is 5.91 Å². The molecule has 3 rings (SSSR count). The third-order valence-corrected chi connectivity index (χ3v) is 3.53. The second-order valence-corrected chi connectivity index (χ2v) is 5.25. The smallest absolute Gasteiger partial charge is 0.296 e. The first-order valence-corrected chi connectivity index (χ1v) is 7.28. The van der Waals surface area contributed by atoms with E-state index in [1.807, 2.05) is 0 Å². The first kappa shape index (κ1) is 16.7. The summed E-state index contributed by atoms with van der Waals surface area (Å²) in [5.74, 6) is 0.139. The predicted octanol–water partition coefficient (Wildman–Crippen LogP) is 3.56. The Bertz CT molecular complexity index is 890. The lowest BCUT2D eigenvalue weighted by atomic mass is 10.2. The average Bonchev–Trinajstić information content (AvgIpc) is 3.12. The number of halogens is 3. The number of amides is 1. The van der Waals surface area contributed by atoms with Gasteiger partial charge in [0.1, 0.15) is 5.82 Å². The van der Waals surface area contributed by atoms with Gasteiger partial charge in [0.05, 0.1) is 5.69 Å². The number of carbonyl (C=O) groups is 1. The van der Waals surface area contributed by atoms with E-state index in [9.17, 15) is 18.0 Å². The summed E-state index contributed by atoms with van der Waals surface area (Å²) in [7, 11) is 1.58. The van der Waals surface area contributed by atoms with Crippen molar-refractivity contribution in [2.24, 2.45) is 0 Å². The minimum Gasteiger partial charge on any atom is -0.296 e. The van der Waals surface area contributed by atoms with Crippen LogP contribution in [0.5, 0.6) is 0 Å². The van der Waals surface area contributed by atoms with Crippen molar-refractivity contribution in [3.63, 3.8) is 0 Å². The van der Waals surface area contributed by atoms with E-state index < -0.39 is 11.9 Å². The van der Waals surface area contributed by atoms with Gasteiger partial charge < -0.3 is 0 Å². The van der Waals surface area contributed by atoms with Crippen LogP contribution in [0.25, 0.3) is 5.69 Å². The molecule has 0 saturated heterocycles. The van der Waals surface area contributed by atoms with E-state index in [0.29, 0.717) is 17.1 Å². The van der Waals surface area contributed by atoms with Gasteiger partial charge >= 0.3 is 6.18 Å². The highest BCUT2D eigenvalue weighted by Gasteiger charge is 2.33. The summed E-state index contributed by atoms with van der Waals surface area (Å²) in [5, 5.41) is 3.51. The Hall–Kier alpha value is -3.16. The van der Waals surface area contributed by atoms with Crippen LogP contribution in [-0.4, -0.2) is 27.7 Å². The molecular weight excluding hydrogens is 333 g/mol.